The molecule has 4 nitrogen and oxygen atoms in total. The van der Waals surface area contributed by atoms with Crippen molar-refractivity contribution in [2.24, 2.45) is 0 Å². The van der Waals surface area contributed by atoms with Crippen LogP contribution in [0.4, 0.5) is 5.69 Å². The van der Waals surface area contributed by atoms with Crippen molar-refractivity contribution in [3.05, 3.63) is 64.7 Å². The molecule has 2 aromatic rings. The monoisotopic (exact) mass is 296 g/mol. The Morgan fingerprint density at radius 2 is 1.41 bits per heavy atom. The van der Waals surface area contributed by atoms with Gasteiger partial charge in [0.05, 0.1) is 0 Å². The molecular formula is C18H20N2O2. The summed E-state index contributed by atoms with van der Waals surface area (Å²) in [5.74, 6) is -1.28. The van der Waals surface area contributed by atoms with Gasteiger partial charge in [0.1, 0.15) is 0 Å². The van der Waals surface area contributed by atoms with Gasteiger partial charge in [-0.05, 0) is 43.0 Å². The quantitative estimate of drug-likeness (QED) is 0.856. The maximum atomic E-state index is 12.0. The highest BCUT2D eigenvalue weighted by atomic mass is 16.2. The molecule has 2 aromatic carbocycles. The third kappa shape index (κ3) is 3.73. The zero-order chi connectivity index (χ0) is 16.1. The van der Waals surface area contributed by atoms with E-state index in [-0.39, 0.29) is 0 Å². The number of hydrogen-bond acceptors (Lipinski definition) is 2. The van der Waals surface area contributed by atoms with Crippen molar-refractivity contribution in [3.63, 3.8) is 0 Å². The number of aryl methyl sites for hydroxylation is 3. The first kappa shape index (κ1) is 15.8. The topological polar surface area (TPSA) is 58.2 Å². The van der Waals surface area contributed by atoms with Crippen LogP contribution in [0.25, 0.3) is 0 Å². The van der Waals surface area contributed by atoms with Crippen LogP contribution in [-0.2, 0) is 16.1 Å². The molecule has 0 radical (unpaired) electrons. The molecule has 2 rings (SSSR count). The average molecular weight is 296 g/mol. The highest BCUT2D eigenvalue weighted by Crippen LogP contribution is 2.19. The van der Waals surface area contributed by atoms with E-state index < -0.39 is 11.8 Å². The molecule has 22 heavy (non-hydrogen) atoms. The summed E-state index contributed by atoms with van der Waals surface area (Å²) < 4.78 is 0. The lowest BCUT2D eigenvalue weighted by Gasteiger charge is -2.12. The molecule has 0 aromatic heterocycles. The Balaban J connectivity index is 1.98. The zero-order valence-electron chi connectivity index (χ0n) is 13.1. The summed E-state index contributed by atoms with van der Waals surface area (Å²) in [5.41, 5.74) is 4.63. The third-order valence-electron chi connectivity index (χ3n) is 3.63. The summed E-state index contributed by atoms with van der Waals surface area (Å²) >= 11 is 0. The third-order valence-corrected chi connectivity index (χ3v) is 3.63. The maximum absolute atomic E-state index is 12.0. The van der Waals surface area contributed by atoms with E-state index >= 15 is 0 Å². The van der Waals surface area contributed by atoms with E-state index in [0.29, 0.717) is 12.2 Å². The Labute approximate surface area is 130 Å². The first-order chi connectivity index (χ1) is 10.5. The van der Waals surface area contributed by atoms with E-state index in [0.717, 1.165) is 22.3 Å². The summed E-state index contributed by atoms with van der Waals surface area (Å²) in [6, 6.07) is 13.5. The average Bonchev–Trinajstić information content (AvgIpc) is 2.49. The van der Waals surface area contributed by atoms with Gasteiger partial charge in [-0.2, -0.15) is 0 Å². The first-order valence-corrected chi connectivity index (χ1v) is 7.19. The highest BCUT2D eigenvalue weighted by molar-refractivity contribution is 6.39. The van der Waals surface area contributed by atoms with Crippen LogP contribution in [0.2, 0.25) is 0 Å². The van der Waals surface area contributed by atoms with Crippen LogP contribution in [0.3, 0.4) is 0 Å². The minimum atomic E-state index is -0.647. The number of benzene rings is 2. The van der Waals surface area contributed by atoms with Crippen molar-refractivity contribution >= 4 is 17.5 Å². The van der Waals surface area contributed by atoms with Crippen LogP contribution < -0.4 is 10.6 Å². The smallest absolute Gasteiger partial charge is 0.313 e. The molecule has 0 bridgehead atoms. The normalized spacial score (nSPS) is 10.1. The van der Waals surface area contributed by atoms with E-state index in [1.165, 1.54) is 0 Å². The summed E-state index contributed by atoms with van der Waals surface area (Å²) in [7, 11) is 0. The van der Waals surface area contributed by atoms with Crippen LogP contribution in [0.1, 0.15) is 22.3 Å². The molecule has 0 heterocycles. The summed E-state index contributed by atoms with van der Waals surface area (Å²) in [6.45, 7) is 6.10. The molecule has 2 N–H and O–H groups in total. The van der Waals surface area contributed by atoms with Crippen LogP contribution in [0, 0.1) is 20.8 Å². The Kier molecular flexibility index (Phi) is 4.94. The second-order valence-corrected chi connectivity index (χ2v) is 5.33. The molecule has 0 unspecified atom stereocenters. The number of carbonyl (C=O) groups excluding carboxylic acids is 2. The molecule has 114 valence electrons. The first-order valence-electron chi connectivity index (χ1n) is 7.19. The fourth-order valence-electron chi connectivity index (χ4n) is 2.25. The standard InChI is InChI=1S/C18H20N2O2/c1-12-7-4-5-10-15(12)11-19-17(21)18(22)20-16-13(2)8-6-9-14(16)3/h4-10H,11H2,1-3H3,(H,19,21)(H,20,22). The molecule has 0 atom stereocenters. The lowest BCUT2D eigenvalue weighted by Crippen LogP contribution is -2.35. The summed E-state index contributed by atoms with van der Waals surface area (Å²) in [5, 5.41) is 5.33. The van der Waals surface area contributed by atoms with Gasteiger partial charge in [-0.3, -0.25) is 9.59 Å². The molecule has 0 fully saturated rings. The number of rotatable bonds is 3. The lowest BCUT2D eigenvalue weighted by molar-refractivity contribution is -0.136. The van der Waals surface area contributed by atoms with Crippen molar-refractivity contribution in [3.8, 4) is 0 Å². The molecule has 0 aliphatic rings. The SMILES string of the molecule is Cc1ccccc1CNC(=O)C(=O)Nc1c(C)cccc1C. The molecule has 0 aliphatic carbocycles. The van der Waals surface area contributed by atoms with E-state index in [9.17, 15) is 9.59 Å². The molecular weight excluding hydrogens is 276 g/mol. The number of nitrogens with one attached hydrogen (secondary N) is 2. The highest BCUT2D eigenvalue weighted by Gasteiger charge is 2.15. The van der Waals surface area contributed by atoms with Crippen LogP contribution >= 0.6 is 0 Å². The predicted octanol–water partition coefficient (Wildman–Crippen LogP) is 2.87. The Morgan fingerprint density at radius 3 is 2.05 bits per heavy atom. The number of carbonyl (C=O) groups is 2. The maximum Gasteiger partial charge on any atom is 0.313 e. The molecule has 0 saturated heterocycles. The summed E-state index contributed by atoms with van der Waals surface area (Å²) in [6.07, 6.45) is 0. The van der Waals surface area contributed by atoms with Crippen molar-refractivity contribution in [1.29, 1.82) is 0 Å². The van der Waals surface area contributed by atoms with Crippen molar-refractivity contribution in [1.82, 2.24) is 5.32 Å². The minimum absolute atomic E-state index is 0.339. The molecule has 2 amide bonds. The lowest BCUT2D eigenvalue weighted by atomic mass is 10.1. The largest absolute Gasteiger partial charge is 0.344 e. The van der Waals surface area contributed by atoms with Gasteiger partial charge < -0.3 is 10.6 Å². The molecule has 4 heteroatoms. The Bertz CT molecular complexity index is 688. The van der Waals surface area contributed by atoms with Crippen molar-refractivity contribution < 1.29 is 9.59 Å². The fraction of sp³-hybridized carbons (Fsp3) is 0.222. The number of hydrogen-bond donors (Lipinski definition) is 2. The van der Waals surface area contributed by atoms with Crippen LogP contribution in [0.15, 0.2) is 42.5 Å². The van der Waals surface area contributed by atoms with Crippen LogP contribution in [0.5, 0.6) is 0 Å². The van der Waals surface area contributed by atoms with E-state index in [1.54, 1.807) is 0 Å². The molecule has 0 spiro atoms. The van der Waals surface area contributed by atoms with Gasteiger partial charge in [0.2, 0.25) is 0 Å². The van der Waals surface area contributed by atoms with E-state index in [2.05, 4.69) is 10.6 Å². The minimum Gasteiger partial charge on any atom is -0.344 e. The van der Waals surface area contributed by atoms with Gasteiger partial charge in [0, 0.05) is 12.2 Å². The number of amides is 2. The molecule has 0 aliphatic heterocycles. The van der Waals surface area contributed by atoms with Gasteiger partial charge in [-0.25, -0.2) is 0 Å². The Morgan fingerprint density at radius 1 is 0.818 bits per heavy atom. The second-order valence-electron chi connectivity index (χ2n) is 5.33. The second kappa shape index (κ2) is 6.89. The molecule has 0 saturated carbocycles. The van der Waals surface area contributed by atoms with Gasteiger partial charge in [0.15, 0.2) is 0 Å². The van der Waals surface area contributed by atoms with Crippen molar-refractivity contribution in [2.45, 2.75) is 27.3 Å². The number of anilines is 1. The van der Waals surface area contributed by atoms with Crippen LogP contribution in [-0.4, -0.2) is 11.8 Å². The van der Waals surface area contributed by atoms with Gasteiger partial charge in [-0.1, -0.05) is 42.5 Å². The fourth-order valence-corrected chi connectivity index (χ4v) is 2.25. The van der Waals surface area contributed by atoms with Gasteiger partial charge in [0.25, 0.3) is 0 Å². The van der Waals surface area contributed by atoms with Crippen molar-refractivity contribution in [2.75, 3.05) is 5.32 Å². The van der Waals surface area contributed by atoms with E-state index in [1.807, 2.05) is 63.2 Å². The van der Waals surface area contributed by atoms with Gasteiger partial charge in [-0.15, -0.1) is 0 Å². The Hall–Kier alpha value is -2.62. The van der Waals surface area contributed by atoms with E-state index in [4.69, 9.17) is 0 Å². The number of para-hydroxylation sites is 1. The zero-order valence-corrected chi connectivity index (χ0v) is 13.1. The summed E-state index contributed by atoms with van der Waals surface area (Å²) in [4.78, 5) is 23.9. The van der Waals surface area contributed by atoms with Gasteiger partial charge >= 0.3 is 11.8 Å². The predicted molar refractivity (Wildman–Crippen MR) is 87.6 cm³/mol.